The van der Waals surface area contributed by atoms with E-state index >= 15 is 0 Å². The van der Waals surface area contributed by atoms with Crippen molar-refractivity contribution in [2.24, 2.45) is 0 Å². The van der Waals surface area contributed by atoms with E-state index in [0.717, 1.165) is 6.08 Å². The minimum atomic E-state index is -2.27. The number of hydrogen-bond donors (Lipinski definition) is 6. The van der Waals surface area contributed by atoms with Crippen molar-refractivity contribution < 1.29 is 57.0 Å². The molecule has 0 aromatic heterocycles. The third-order valence-electron chi connectivity index (χ3n) is 5.13. The molecule has 0 heterocycles. The molecule has 0 aliphatic heterocycles. The summed E-state index contributed by atoms with van der Waals surface area (Å²) in [6, 6.07) is 1.53. The molecule has 2 aromatic carbocycles. The zero-order chi connectivity index (χ0) is 26.4. The highest BCUT2D eigenvalue weighted by atomic mass is 19.2. The van der Waals surface area contributed by atoms with Crippen LogP contribution in [-0.2, 0) is 12.8 Å². The van der Waals surface area contributed by atoms with Crippen LogP contribution in [0.4, 0.5) is 26.3 Å². The zero-order valence-corrected chi connectivity index (χ0v) is 17.8. The molecule has 0 saturated heterocycles. The molecule has 0 fully saturated rings. The molecule has 2 rings (SSSR count). The van der Waals surface area contributed by atoms with Crippen LogP contribution in [0.25, 0.3) is 0 Å². The zero-order valence-electron chi connectivity index (χ0n) is 17.8. The summed E-state index contributed by atoms with van der Waals surface area (Å²) < 4.78 is 81.3. The number of hydrogen-bond acceptors (Lipinski definition) is 6. The van der Waals surface area contributed by atoms with Gasteiger partial charge in [-0.25, -0.2) is 26.3 Å². The molecule has 0 amide bonds. The average Bonchev–Trinajstić information content (AvgIpc) is 2.82. The van der Waals surface area contributed by atoms with Gasteiger partial charge in [0.15, 0.2) is 23.3 Å². The standard InChI is InChI=1S/C23H22F6O6/c24-13-7-17(28)15(26)5-10(13)2-1-3-11(4-12-6-16(27)18(29)8-14(12)25)20(32)22(34)23(35)21(33)19(31)9-30/h1,5-8,19-23,30-35H,2,4,9H2/t3?,19-,20?,21+,22+,23-/m0/s1. The Bertz CT molecular complexity index is 1100. The lowest BCUT2D eigenvalue weighted by molar-refractivity contribution is -0.134. The first-order chi connectivity index (χ1) is 16.4. The molecule has 0 bridgehead atoms. The summed E-state index contributed by atoms with van der Waals surface area (Å²) in [5, 5.41) is 58.8. The molecule has 0 aliphatic carbocycles. The molecule has 0 radical (unpaired) electrons. The van der Waals surface area contributed by atoms with Gasteiger partial charge in [0.2, 0.25) is 0 Å². The van der Waals surface area contributed by atoms with Crippen LogP contribution in [0.3, 0.4) is 0 Å². The number of aliphatic hydroxyl groups is 6. The Labute approximate surface area is 195 Å². The largest absolute Gasteiger partial charge is 0.394 e. The number of rotatable bonds is 10. The fourth-order valence-electron chi connectivity index (χ4n) is 3.09. The van der Waals surface area contributed by atoms with E-state index in [1.807, 2.05) is 0 Å². The van der Waals surface area contributed by atoms with Crippen molar-refractivity contribution in [3.8, 4) is 0 Å². The molecule has 2 aromatic rings. The maximum absolute atomic E-state index is 14.1. The van der Waals surface area contributed by atoms with Gasteiger partial charge in [0.05, 0.1) is 6.61 Å². The summed E-state index contributed by atoms with van der Waals surface area (Å²) in [4.78, 5) is 0. The fourth-order valence-corrected chi connectivity index (χ4v) is 3.09. The SMILES string of the molecule is OC[C@H](O)[C@@H](O)[C@H](O)[C@H](O)C(O)C(=C=CCc1cc(F)c(F)cc1F)Cc1cc(F)c(F)cc1F. The Kier molecular flexibility index (Phi) is 10.0. The van der Waals surface area contributed by atoms with Crippen LogP contribution >= 0.6 is 0 Å². The van der Waals surface area contributed by atoms with E-state index in [-0.39, 0.29) is 11.6 Å². The van der Waals surface area contributed by atoms with Crippen molar-refractivity contribution in [1.29, 1.82) is 0 Å². The fraction of sp³-hybridized carbons (Fsp3) is 0.348. The molecule has 192 valence electrons. The minimum absolute atomic E-state index is 0.224. The first-order valence-electron chi connectivity index (χ1n) is 10.1. The highest BCUT2D eigenvalue weighted by Crippen LogP contribution is 2.22. The molecule has 1 unspecified atom stereocenters. The Hall–Kier alpha value is -2.70. The van der Waals surface area contributed by atoms with Gasteiger partial charge in [-0.05, 0) is 29.3 Å². The topological polar surface area (TPSA) is 121 Å². The highest BCUT2D eigenvalue weighted by Gasteiger charge is 2.35. The number of aliphatic hydroxyl groups excluding tert-OH is 6. The van der Waals surface area contributed by atoms with Crippen molar-refractivity contribution in [2.75, 3.05) is 6.61 Å². The van der Waals surface area contributed by atoms with Crippen LogP contribution in [0.1, 0.15) is 11.1 Å². The molecule has 35 heavy (non-hydrogen) atoms. The summed E-state index contributed by atoms with van der Waals surface area (Å²) in [6.45, 7) is -1.01. The second kappa shape index (κ2) is 12.3. The third kappa shape index (κ3) is 7.15. The summed E-state index contributed by atoms with van der Waals surface area (Å²) in [5.74, 6) is -8.09. The predicted octanol–water partition coefficient (Wildman–Crippen LogP) is 1.18. The lowest BCUT2D eigenvalue weighted by atomic mass is 9.92. The van der Waals surface area contributed by atoms with Gasteiger partial charge in [0.1, 0.15) is 42.2 Å². The summed E-state index contributed by atoms with van der Waals surface area (Å²) in [7, 11) is 0. The smallest absolute Gasteiger partial charge is 0.161 e. The van der Waals surface area contributed by atoms with Gasteiger partial charge in [-0.1, -0.05) is 0 Å². The molecule has 0 aliphatic rings. The predicted molar refractivity (Wildman–Crippen MR) is 109 cm³/mol. The third-order valence-corrected chi connectivity index (χ3v) is 5.13. The van der Waals surface area contributed by atoms with Crippen molar-refractivity contribution in [3.63, 3.8) is 0 Å². The lowest BCUT2D eigenvalue weighted by Crippen LogP contribution is -2.50. The van der Waals surface area contributed by atoms with Crippen molar-refractivity contribution in [3.05, 3.63) is 87.7 Å². The summed E-state index contributed by atoms with van der Waals surface area (Å²) in [6.07, 6.45) is -10.9. The van der Waals surface area contributed by atoms with Crippen molar-refractivity contribution in [2.45, 2.75) is 43.4 Å². The Morgan fingerprint density at radius 1 is 0.686 bits per heavy atom. The maximum Gasteiger partial charge on any atom is 0.161 e. The molecule has 0 spiro atoms. The lowest BCUT2D eigenvalue weighted by Gasteiger charge is -2.29. The van der Waals surface area contributed by atoms with E-state index in [9.17, 15) is 51.9 Å². The maximum atomic E-state index is 14.1. The molecule has 5 atom stereocenters. The van der Waals surface area contributed by atoms with E-state index in [2.05, 4.69) is 5.73 Å². The van der Waals surface area contributed by atoms with Gasteiger partial charge in [-0.3, -0.25) is 0 Å². The van der Waals surface area contributed by atoms with Gasteiger partial charge in [0.25, 0.3) is 0 Å². The first-order valence-corrected chi connectivity index (χ1v) is 10.1. The highest BCUT2D eigenvalue weighted by molar-refractivity contribution is 5.28. The van der Waals surface area contributed by atoms with Crippen molar-refractivity contribution >= 4 is 0 Å². The quantitative estimate of drug-likeness (QED) is 0.163. The Morgan fingerprint density at radius 3 is 1.71 bits per heavy atom. The molecular weight excluding hydrogens is 486 g/mol. The van der Waals surface area contributed by atoms with E-state index < -0.39 is 96.0 Å². The molecular formula is C23H22F6O6. The monoisotopic (exact) mass is 508 g/mol. The van der Waals surface area contributed by atoms with Crippen LogP contribution in [0.2, 0.25) is 0 Å². The number of benzene rings is 2. The van der Waals surface area contributed by atoms with Crippen LogP contribution in [0, 0.1) is 34.9 Å². The van der Waals surface area contributed by atoms with Gasteiger partial charge in [-0.2, -0.15) is 0 Å². The number of halogens is 6. The van der Waals surface area contributed by atoms with Crippen LogP contribution in [-0.4, -0.2) is 67.8 Å². The van der Waals surface area contributed by atoms with E-state index in [4.69, 9.17) is 5.11 Å². The second-order valence-electron chi connectivity index (χ2n) is 7.64. The second-order valence-corrected chi connectivity index (χ2v) is 7.64. The van der Waals surface area contributed by atoms with Crippen LogP contribution in [0.5, 0.6) is 0 Å². The van der Waals surface area contributed by atoms with Gasteiger partial charge < -0.3 is 30.6 Å². The van der Waals surface area contributed by atoms with Gasteiger partial charge >= 0.3 is 0 Å². The van der Waals surface area contributed by atoms with Gasteiger partial charge in [-0.15, -0.1) is 5.73 Å². The molecule has 6 nitrogen and oxygen atoms in total. The normalized spacial score (nSPS) is 15.7. The van der Waals surface area contributed by atoms with Crippen molar-refractivity contribution in [1.82, 2.24) is 0 Å². The van der Waals surface area contributed by atoms with Crippen LogP contribution in [0.15, 0.2) is 41.6 Å². The summed E-state index contributed by atoms with van der Waals surface area (Å²) >= 11 is 0. The first kappa shape index (κ1) is 28.5. The van der Waals surface area contributed by atoms with E-state index in [1.54, 1.807) is 0 Å². The minimum Gasteiger partial charge on any atom is -0.394 e. The molecule has 12 heteroatoms. The Balaban J connectivity index is 2.44. The summed E-state index contributed by atoms with van der Waals surface area (Å²) in [5.41, 5.74) is 1.03. The molecule has 6 N–H and O–H groups in total. The average molecular weight is 508 g/mol. The van der Waals surface area contributed by atoms with E-state index in [0.29, 0.717) is 18.2 Å². The van der Waals surface area contributed by atoms with Crippen LogP contribution < -0.4 is 0 Å². The Morgan fingerprint density at radius 2 is 1.17 bits per heavy atom. The molecule has 0 saturated carbocycles. The van der Waals surface area contributed by atoms with Gasteiger partial charge in [0, 0.05) is 30.5 Å². The van der Waals surface area contributed by atoms with E-state index in [1.165, 1.54) is 0 Å².